The minimum atomic E-state index is -1.19. The molecule has 2 aromatic carbocycles. The van der Waals surface area contributed by atoms with Crippen molar-refractivity contribution in [3.8, 4) is 11.5 Å². The highest BCUT2D eigenvalue weighted by Gasteiger charge is 2.15. The maximum absolute atomic E-state index is 11.3. The lowest BCUT2D eigenvalue weighted by molar-refractivity contribution is 0.0684. The average Bonchev–Trinajstić information content (AvgIpc) is 3.07. The number of nitrogens with one attached hydrogen (secondary N) is 1. The van der Waals surface area contributed by atoms with Gasteiger partial charge < -0.3 is 19.9 Å². The van der Waals surface area contributed by atoms with Crippen LogP contribution in [-0.2, 0) is 6.54 Å². The number of fused-ring (bicyclic) bond motifs is 2. The van der Waals surface area contributed by atoms with E-state index in [0.29, 0.717) is 39.8 Å². The van der Waals surface area contributed by atoms with Gasteiger partial charge in [0.05, 0.1) is 5.52 Å². The van der Waals surface area contributed by atoms with Crippen molar-refractivity contribution in [2.45, 2.75) is 6.54 Å². The van der Waals surface area contributed by atoms with Crippen LogP contribution in [0.25, 0.3) is 10.9 Å². The van der Waals surface area contributed by atoms with Gasteiger partial charge in [0.15, 0.2) is 11.5 Å². The van der Waals surface area contributed by atoms with Crippen LogP contribution in [0.2, 0.25) is 5.02 Å². The molecule has 8 heteroatoms. The van der Waals surface area contributed by atoms with Crippen molar-refractivity contribution in [1.29, 1.82) is 0 Å². The molecule has 0 saturated carbocycles. The molecule has 2 N–H and O–H groups in total. The van der Waals surface area contributed by atoms with Gasteiger partial charge in [0.1, 0.15) is 5.82 Å². The van der Waals surface area contributed by atoms with Gasteiger partial charge in [-0.1, -0.05) is 17.7 Å². The molecule has 126 valence electrons. The Kier molecular flexibility index (Phi) is 3.77. The quantitative estimate of drug-likeness (QED) is 0.739. The van der Waals surface area contributed by atoms with Crippen molar-refractivity contribution in [3.05, 3.63) is 52.8 Å². The average molecular weight is 358 g/mol. The zero-order valence-electron chi connectivity index (χ0n) is 12.8. The number of aromatic carboxylic acids is 1. The molecule has 3 aromatic rings. The molecule has 2 heterocycles. The van der Waals surface area contributed by atoms with Gasteiger partial charge in [-0.25, -0.2) is 14.8 Å². The SMILES string of the molecule is O=C(O)c1nc(NCc2ccc3c(c2)OCO3)c2cc(Cl)ccc2n1. The lowest BCUT2D eigenvalue weighted by Crippen LogP contribution is -2.09. The first-order valence-corrected chi connectivity index (χ1v) is 7.81. The van der Waals surface area contributed by atoms with Gasteiger partial charge in [0.2, 0.25) is 12.6 Å². The number of carboxylic acids is 1. The molecule has 0 radical (unpaired) electrons. The molecule has 7 nitrogen and oxygen atoms in total. The number of hydrogen-bond acceptors (Lipinski definition) is 6. The third kappa shape index (κ3) is 3.01. The first-order chi connectivity index (χ1) is 12.1. The number of hydrogen-bond donors (Lipinski definition) is 2. The van der Waals surface area contributed by atoms with E-state index in [9.17, 15) is 9.90 Å². The van der Waals surface area contributed by atoms with Crippen LogP contribution in [0.4, 0.5) is 5.82 Å². The summed E-state index contributed by atoms with van der Waals surface area (Å²) in [5, 5.41) is 13.5. The van der Waals surface area contributed by atoms with Crippen LogP contribution >= 0.6 is 11.6 Å². The summed E-state index contributed by atoms with van der Waals surface area (Å²) in [6, 6.07) is 10.6. The van der Waals surface area contributed by atoms with Crippen LogP contribution in [0, 0.1) is 0 Å². The van der Waals surface area contributed by atoms with Gasteiger partial charge in [-0.05, 0) is 35.9 Å². The molecular weight excluding hydrogens is 346 g/mol. The van der Waals surface area contributed by atoms with Crippen molar-refractivity contribution in [3.63, 3.8) is 0 Å². The van der Waals surface area contributed by atoms with Crippen LogP contribution in [0.3, 0.4) is 0 Å². The molecule has 0 spiro atoms. The van der Waals surface area contributed by atoms with E-state index >= 15 is 0 Å². The summed E-state index contributed by atoms with van der Waals surface area (Å²) < 4.78 is 10.6. The van der Waals surface area contributed by atoms with Crippen LogP contribution in [0.15, 0.2) is 36.4 Å². The predicted octanol–water partition coefficient (Wildman–Crippen LogP) is 3.32. The highest BCUT2D eigenvalue weighted by atomic mass is 35.5. The Bertz CT molecular complexity index is 993. The second kappa shape index (κ2) is 6.10. The monoisotopic (exact) mass is 357 g/mol. The number of aromatic nitrogens is 2. The number of nitrogens with zero attached hydrogens (tertiary/aromatic N) is 2. The number of rotatable bonds is 4. The van der Waals surface area contributed by atoms with E-state index in [1.807, 2.05) is 18.2 Å². The van der Waals surface area contributed by atoms with Crippen molar-refractivity contribution in [2.24, 2.45) is 0 Å². The Hall–Kier alpha value is -3.06. The molecule has 0 saturated heterocycles. The Morgan fingerprint density at radius 1 is 1.16 bits per heavy atom. The number of benzene rings is 2. The number of ether oxygens (including phenoxy) is 2. The van der Waals surface area contributed by atoms with Crippen LogP contribution in [-0.4, -0.2) is 27.8 Å². The first-order valence-electron chi connectivity index (χ1n) is 7.43. The Morgan fingerprint density at radius 2 is 2.00 bits per heavy atom. The fraction of sp³-hybridized carbons (Fsp3) is 0.118. The van der Waals surface area contributed by atoms with E-state index in [1.165, 1.54) is 0 Å². The van der Waals surface area contributed by atoms with Gasteiger partial charge in [-0.2, -0.15) is 0 Å². The molecular formula is C17H12ClN3O4. The summed E-state index contributed by atoms with van der Waals surface area (Å²) in [5.41, 5.74) is 1.44. The molecule has 0 fully saturated rings. The smallest absolute Gasteiger partial charge is 0.374 e. The van der Waals surface area contributed by atoms with E-state index in [2.05, 4.69) is 15.3 Å². The van der Waals surface area contributed by atoms with Crippen molar-refractivity contribution in [2.75, 3.05) is 12.1 Å². The third-order valence-corrected chi connectivity index (χ3v) is 3.98. The summed E-state index contributed by atoms with van der Waals surface area (Å²) >= 11 is 6.04. The topological polar surface area (TPSA) is 93.6 Å². The molecule has 4 rings (SSSR count). The van der Waals surface area contributed by atoms with Gasteiger partial charge in [-0.3, -0.25) is 0 Å². The predicted molar refractivity (Wildman–Crippen MR) is 91.4 cm³/mol. The summed E-state index contributed by atoms with van der Waals surface area (Å²) in [7, 11) is 0. The zero-order valence-corrected chi connectivity index (χ0v) is 13.6. The normalized spacial score (nSPS) is 12.4. The number of carboxylic acid groups (broad SMARTS) is 1. The number of halogens is 1. The standard InChI is InChI=1S/C17H12ClN3O4/c18-10-2-3-12-11(6-10)15(21-16(20-12)17(22)23)19-7-9-1-4-13-14(5-9)25-8-24-13/h1-6H,7-8H2,(H,22,23)(H,19,20,21). The second-order valence-corrected chi connectivity index (χ2v) is 5.84. The largest absolute Gasteiger partial charge is 0.475 e. The fourth-order valence-corrected chi connectivity index (χ4v) is 2.74. The molecule has 0 amide bonds. The van der Waals surface area contributed by atoms with E-state index in [1.54, 1.807) is 18.2 Å². The fourth-order valence-electron chi connectivity index (χ4n) is 2.57. The minimum Gasteiger partial charge on any atom is -0.475 e. The second-order valence-electron chi connectivity index (χ2n) is 5.40. The minimum absolute atomic E-state index is 0.212. The van der Waals surface area contributed by atoms with Crippen LogP contribution in [0.1, 0.15) is 16.2 Å². The van der Waals surface area contributed by atoms with Crippen LogP contribution < -0.4 is 14.8 Å². The summed E-state index contributed by atoms with van der Waals surface area (Å²) in [6.45, 7) is 0.636. The van der Waals surface area contributed by atoms with E-state index in [4.69, 9.17) is 21.1 Å². The summed E-state index contributed by atoms with van der Waals surface area (Å²) in [4.78, 5) is 19.4. The lowest BCUT2D eigenvalue weighted by Gasteiger charge is -2.10. The van der Waals surface area contributed by atoms with Gasteiger partial charge in [0, 0.05) is 17.0 Å². The maximum Gasteiger partial charge on any atom is 0.374 e. The third-order valence-electron chi connectivity index (χ3n) is 3.75. The molecule has 1 aromatic heterocycles. The zero-order chi connectivity index (χ0) is 17.4. The van der Waals surface area contributed by atoms with Gasteiger partial charge >= 0.3 is 5.97 Å². The molecule has 25 heavy (non-hydrogen) atoms. The Balaban J connectivity index is 1.68. The molecule has 0 aliphatic carbocycles. The highest BCUT2D eigenvalue weighted by Crippen LogP contribution is 2.33. The molecule has 0 atom stereocenters. The van der Waals surface area contributed by atoms with E-state index in [-0.39, 0.29) is 12.6 Å². The molecule has 0 bridgehead atoms. The van der Waals surface area contributed by atoms with Crippen LogP contribution in [0.5, 0.6) is 11.5 Å². The number of anilines is 1. The van der Waals surface area contributed by atoms with Gasteiger partial charge in [-0.15, -0.1) is 0 Å². The first kappa shape index (κ1) is 15.5. The molecule has 1 aliphatic heterocycles. The van der Waals surface area contributed by atoms with Gasteiger partial charge in [0.25, 0.3) is 0 Å². The van der Waals surface area contributed by atoms with E-state index in [0.717, 1.165) is 5.56 Å². The molecule has 1 aliphatic rings. The summed E-state index contributed by atoms with van der Waals surface area (Å²) in [6.07, 6.45) is 0. The van der Waals surface area contributed by atoms with Crippen molar-refractivity contribution >= 4 is 34.3 Å². The highest BCUT2D eigenvalue weighted by molar-refractivity contribution is 6.31. The van der Waals surface area contributed by atoms with Crippen molar-refractivity contribution < 1.29 is 19.4 Å². The maximum atomic E-state index is 11.3. The van der Waals surface area contributed by atoms with E-state index < -0.39 is 5.97 Å². The lowest BCUT2D eigenvalue weighted by atomic mass is 10.2. The number of carbonyl (C=O) groups is 1. The molecule has 0 unspecified atom stereocenters. The Labute approximate surface area is 147 Å². The summed E-state index contributed by atoms with van der Waals surface area (Å²) in [5.74, 6) is 0.325. The Morgan fingerprint density at radius 3 is 2.84 bits per heavy atom. The van der Waals surface area contributed by atoms with Crippen molar-refractivity contribution in [1.82, 2.24) is 9.97 Å².